The van der Waals surface area contributed by atoms with Crippen molar-refractivity contribution in [2.24, 2.45) is 14.1 Å². The fourth-order valence-corrected chi connectivity index (χ4v) is 2.35. The third-order valence-electron chi connectivity index (χ3n) is 3.29. The molecule has 6 nitrogen and oxygen atoms in total. The standard InChI is InChI=1S/C16H22N4O2.C2H6/c1-10(2)17-15(21)14-7-12(9-20(14)5)18-16(22)13-6-11(3)8-19(13)4;1-2/h6-10H,1-5H3,(H,17,21)(H,18,22);1-2H3. The van der Waals surface area contributed by atoms with Crippen LogP contribution in [-0.4, -0.2) is 27.0 Å². The summed E-state index contributed by atoms with van der Waals surface area (Å²) in [4.78, 5) is 24.3. The third-order valence-corrected chi connectivity index (χ3v) is 3.29. The van der Waals surface area contributed by atoms with Gasteiger partial charge >= 0.3 is 0 Å². The molecule has 0 aliphatic rings. The van der Waals surface area contributed by atoms with Crippen LogP contribution in [-0.2, 0) is 14.1 Å². The molecule has 0 bridgehead atoms. The molecule has 0 atom stereocenters. The minimum Gasteiger partial charge on any atom is -0.349 e. The van der Waals surface area contributed by atoms with Crippen molar-refractivity contribution in [3.05, 3.63) is 41.5 Å². The first-order valence-electron chi connectivity index (χ1n) is 8.19. The molecule has 0 aliphatic carbocycles. The van der Waals surface area contributed by atoms with E-state index < -0.39 is 0 Å². The molecule has 2 heterocycles. The van der Waals surface area contributed by atoms with Gasteiger partial charge in [-0.25, -0.2) is 0 Å². The largest absolute Gasteiger partial charge is 0.349 e. The van der Waals surface area contributed by atoms with Crippen molar-refractivity contribution >= 4 is 17.5 Å². The van der Waals surface area contributed by atoms with Crippen LogP contribution >= 0.6 is 0 Å². The zero-order valence-electron chi connectivity index (χ0n) is 15.6. The second kappa shape index (κ2) is 8.38. The highest BCUT2D eigenvalue weighted by molar-refractivity contribution is 6.04. The number of anilines is 1. The van der Waals surface area contributed by atoms with Gasteiger partial charge in [0.2, 0.25) is 0 Å². The van der Waals surface area contributed by atoms with Gasteiger partial charge in [0.25, 0.3) is 11.8 Å². The minimum absolute atomic E-state index is 0.0618. The van der Waals surface area contributed by atoms with Crippen LogP contribution < -0.4 is 10.6 Å². The predicted molar refractivity (Wildman–Crippen MR) is 97.5 cm³/mol. The number of hydrogen-bond donors (Lipinski definition) is 2. The Hall–Kier alpha value is -2.50. The first kappa shape index (κ1) is 19.5. The van der Waals surface area contributed by atoms with Crippen LogP contribution in [0, 0.1) is 6.92 Å². The van der Waals surface area contributed by atoms with Gasteiger partial charge < -0.3 is 19.8 Å². The van der Waals surface area contributed by atoms with Crippen molar-refractivity contribution in [1.29, 1.82) is 0 Å². The summed E-state index contributed by atoms with van der Waals surface area (Å²) in [6.07, 6.45) is 3.62. The number of hydrogen-bond acceptors (Lipinski definition) is 2. The number of carbonyl (C=O) groups excluding carboxylic acids is 2. The van der Waals surface area contributed by atoms with E-state index >= 15 is 0 Å². The first-order chi connectivity index (χ1) is 11.3. The summed E-state index contributed by atoms with van der Waals surface area (Å²) in [7, 11) is 3.60. The van der Waals surface area contributed by atoms with Gasteiger partial charge in [-0.3, -0.25) is 9.59 Å². The summed E-state index contributed by atoms with van der Waals surface area (Å²) in [5.41, 5.74) is 2.71. The van der Waals surface area contributed by atoms with Crippen LogP contribution in [0.15, 0.2) is 24.5 Å². The third kappa shape index (κ3) is 4.75. The van der Waals surface area contributed by atoms with E-state index in [9.17, 15) is 9.59 Å². The van der Waals surface area contributed by atoms with Crippen molar-refractivity contribution in [2.45, 2.75) is 40.7 Å². The van der Waals surface area contributed by atoms with E-state index in [1.54, 1.807) is 28.4 Å². The van der Waals surface area contributed by atoms with Crippen molar-refractivity contribution in [1.82, 2.24) is 14.5 Å². The van der Waals surface area contributed by atoms with Gasteiger partial charge in [-0.2, -0.15) is 0 Å². The number of aromatic nitrogens is 2. The summed E-state index contributed by atoms with van der Waals surface area (Å²) in [6.45, 7) is 9.75. The van der Waals surface area contributed by atoms with E-state index in [-0.39, 0.29) is 17.9 Å². The molecule has 132 valence electrons. The Bertz CT molecular complexity index is 711. The molecule has 0 spiro atoms. The van der Waals surface area contributed by atoms with Crippen molar-refractivity contribution in [3.8, 4) is 0 Å². The van der Waals surface area contributed by atoms with Crippen molar-refractivity contribution < 1.29 is 9.59 Å². The number of aryl methyl sites for hydroxylation is 3. The van der Waals surface area contributed by atoms with Crippen LogP contribution in [0.3, 0.4) is 0 Å². The molecule has 2 aromatic heterocycles. The summed E-state index contributed by atoms with van der Waals surface area (Å²) in [6, 6.07) is 3.56. The van der Waals surface area contributed by atoms with E-state index in [0.29, 0.717) is 17.1 Å². The molecule has 0 fully saturated rings. The van der Waals surface area contributed by atoms with Crippen LogP contribution in [0.1, 0.15) is 54.2 Å². The van der Waals surface area contributed by atoms with Crippen molar-refractivity contribution in [3.63, 3.8) is 0 Å². The Balaban J connectivity index is 0.00000139. The molecule has 2 amide bonds. The van der Waals surface area contributed by atoms with Gasteiger partial charge in [-0.15, -0.1) is 0 Å². The van der Waals surface area contributed by atoms with Gasteiger partial charge in [0.05, 0.1) is 5.69 Å². The average molecular weight is 332 g/mol. The van der Waals surface area contributed by atoms with E-state index in [1.807, 2.05) is 53.9 Å². The first-order valence-corrected chi connectivity index (χ1v) is 8.19. The fraction of sp³-hybridized carbons (Fsp3) is 0.444. The molecule has 0 aromatic carbocycles. The number of carbonyl (C=O) groups is 2. The van der Waals surface area contributed by atoms with Gasteiger partial charge in [0, 0.05) is 32.5 Å². The maximum Gasteiger partial charge on any atom is 0.272 e. The lowest BCUT2D eigenvalue weighted by Gasteiger charge is -2.08. The zero-order valence-corrected chi connectivity index (χ0v) is 15.6. The quantitative estimate of drug-likeness (QED) is 0.903. The Kier molecular flexibility index (Phi) is 6.82. The summed E-state index contributed by atoms with van der Waals surface area (Å²) in [5.74, 6) is -0.357. The number of rotatable bonds is 4. The van der Waals surface area contributed by atoms with E-state index in [0.717, 1.165) is 5.56 Å². The van der Waals surface area contributed by atoms with Gasteiger partial charge in [-0.05, 0) is 38.5 Å². The molecule has 0 saturated carbocycles. The van der Waals surface area contributed by atoms with Crippen LogP contribution in [0.5, 0.6) is 0 Å². The lowest BCUT2D eigenvalue weighted by Crippen LogP contribution is -2.31. The smallest absolute Gasteiger partial charge is 0.272 e. The lowest BCUT2D eigenvalue weighted by molar-refractivity contribution is 0.0934. The summed E-state index contributed by atoms with van der Waals surface area (Å²) >= 11 is 0. The Morgan fingerprint density at radius 3 is 2.00 bits per heavy atom. The second-order valence-electron chi connectivity index (χ2n) is 5.82. The van der Waals surface area contributed by atoms with Crippen LogP contribution in [0.25, 0.3) is 0 Å². The zero-order chi connectivity index (χ0) is 18.4. The Morgan fingerprint density at radius 1 is 0.958 bits per heavy atom. The summed E-state index contributed by atoms with van der Waals surface area (Å²) < 4.78 is 3.48. The van der Waals surface area contributed by atoms with Gasteiger partial charge in [0.1, 0.15) is 11.4 Å². The monoisotopic (exact) mass is 332 g/mol. The van der Waals surface area contributed by atoms with Crippen LogP contribution in [0.4, 0.5) is 5.69 Å². The fourth-order valence-electron chi connectivity index (χ4n) is 2.35. The number of amides is 2. The molecule has 24 heavy (non-hydrogen) atoms. The highest BCUT2D eigenvalue weighted by atomic mass is 16.2. The highest BCUT2D eigenvalue weighted by Crippen LogP contribution is 2.15. The van der Waals surface area contributed by atoms with E-state index in [4.69, 9.17) is 0 Å². The molecule has 2 aromatic rings. The van der Waals surface area contributed by atoms with Gasteiger partial charge in [0.15, 0.2) is 0 Å². The highest BCUT2D eigenvalue weighted by Gasteiger charge is 2.16. The molecule has 2 N–H and O–H groups in total. The Labute approximate surface area is 143 Å². The number of nitrogens with zero attached hydrogens (tertiary/aromatic N) is 2. The number of nitrogens with one attached hydrogen (secondary N) is 2. The lowest BCUT2D eigenvalue weighted by atomic mass is 10.3. The molecule has 0 aliphatic heterocycles. The molecule has 6 heteroatoms. The molecular weight excluding hydrogens is 304 g/mol. The summed E-state index contributed by atoms with van der Waals surface area (Å²) in [5, 5.41) is 5.66. The van der Waals surface area contributed by atoms with Crippen molar-refractivity contribution in [2.75, 3.05) is 5.32 Å². The SMILES string of the molecule is CC.Cc1cc(C(=O)Nc2cc(C(=O)NC(C)C)n(C)c2)n(C)c1. The predicted octanol–water partition coefficient (Wildman–Crippen LogP) is 3.09. The maximum atomic E-state index is 12.3. The van der Waals surface area contributed by atoms with Crippen LogP contribution in [0.2, 0.25) is 0 Å². The molecule has 0 unspecified atom stereocenters. The second-order valence-corrected chi connectivity index (χ2v) is 5.82. The van der Waals surface area contributed by atoms with E-state index in [2.05, 4.69) is 10.6 Å². The normalized spacial score (nSPS) is 10.2. The Morgan fingerprint density at radius 2 is 1.50 bits per heavy atom. The molecule has 0 saturated heterocycles. The minimum atomic E-state index is -0.197. The van der Waals surface area contributed by atoms with E-state index in [1.165, 1.54) is 0 Å². The molecule has 0 radical (unpaired) electrons. The molecule has 2 rings (SSSR count). The van der Waals surface area contributed by atoms with Gasteiger partial charge in [-0.1, -0.05) is 13.8 Å². The maximum absolute atomic E-state index is 12.3. The topological polar surface area (TPSA) is 68.1 Å². The molecular formula is C18H28N4O2. The average Bonchev–Trinajstić information content (AvgIpc) is 3.02.